The predicted octanol–water partition coefficient (Wildman–Crippen LogP) is -0.889. The van der Waals surface area contributed by atoms with Crippen LogP contribution in [0.1, 0.15) is 56.2 Å². The summed E-state index contributed by atoms with van der Waals surface area (Å²) in [5, 5.41) is 0. The third-order valence-electron chi connectivity index (χ3n) is 3.41. The molecule has 0 atom stereocenters. The van der Waals surface area contributed by atoms with Crippen molar-refractivity contribution in [2.24, 2.45) is 4.99 Å². The molecule has 4 radical (unpaired) electrons. The van der Waals surface area contributed by atoms with E-state index in [1.54, 1.807) is 0 Å². The van der Waals surface area contributed by atoms with Gasteiger partial charge >= 0.3 is 0 Å². The standard InChI is InChI=1S/C19H22N.2ClH.Sb/c1-14(2)17-11-8-12-18(15(3)4)19(17)20-13-16-9-6-5-7-10-16;;;/h5-9,11-15H,1-4H3;2*1H;/p-2. The minimum absolute atomic E-state index is 0. The van der Waals surface area contributed by atoms with Gasteiger partial charge in [-0.3, -0.25) is 4.99 Å². The van der Waals surface area contributed by atoms with E-state index in [1.165, 1.54) is 11.1 Å². The average Bonchev–Trinajstić information content (AvgIpc) is 2.45. The Kier molecular flexibility index (Phi) is 12.9. The normalized spacial score (nSPS) is 10.2. The molecular weight excluding hydrogens is 435 g/mol. The largest absolute Gasteiger partial charge is 1.00 e. The minimum Gasteiger partial charge on any atom is -1.00 e. The minimum atomic E-state index is 0. The van der Waals surface area contributed by atoms with Crippen molar-refractivity contribution in [2.45, 2.75) is 39.5 Å². The van der Waals surface area contributed by atoms with Crippen LogP contribution in [0.4, 0.5) is 5.69 Å². The number of rotatable bonds is 4. The van der Waals surface area contributed by atoms with Gasteiger partial charge in [0.25, 0.3) is 0 Å². The summed E-state index contributed by atoms with van der Waals surface area (Å²) in [7, 11) is 0. The SMILES string of the molecule is CC(C)c1cccc(C(C)C)c1N=Cc1[c]cccc1.[Cl-].[Cl-].[Sb]. The molecule has 1 nitrogen and oxygen atoms in total. The van der Waals surface area contributed by atoms with E-state index in [1.807, 2.05) is 30.5 Å². The Labute approximate surface area is 170 Å². The molecule has 0 heterocycles. The Morgan fingerprint density at radius 3 is 1.87 bits per heavy atom. The van der Waals surface area contributed by atoms with Gasteiger partial charge in [-0.05, 0) is 29.0 Å². The second kappa shape index (κ2) is 12.0. The Morgan fingerprint density at radius 1 is 0.870 bits per heavy atom. The van der Waals surface area contributed by atoms with Crippen molar-refractivity contribution >= 4 is 36.3 Å². The van der Waals surface area contributed by atoms with E-state index in [9.17, 15) is 0 Å². The molecule has 2 aromatic carbocycles. The van der Waals surface area contributed by atoms with E-state index in [2.05, 4.69) is 52.0 Å². The zero-order valence-electron chi connectivity index (χ0n) is 13.9. The zero-order valence-corrected chi connectivity index (χ0v) is 18.0. The molecule has 2 aromatic rings. The van der Waals surface area contributed by atoms with E-state index < -0.39 is 0 Å². The van der Waals surface area contributed by atoms with Crippen molar-refractivity contribution in [3.8, 4) is 0 Å². The summed E-state index contributed by atoms with van der Waals surface area (Å²) >= 11 is 0. The summed E-state index contributed by atoms with van der Waals surface area (Å²) in [4.78, 5) is 4.76. The molecule has 0 amide bonds. The van der Waals surface area contributed by atoms with Crippen molar-refractivity contribution in [1.82, 2.24) is 0 Å². The van der Waals surface area contributed by atoms with E-state index in [0.29, 0.717) is 11.8 Å². The third kappa shape index (κ3) is 6.87. The van der Waals surface area contributed by atoms with Crippen LogP contribution in [0, 0.1) is 6.07 Å². The van der Waals surface area contributed by atoms with Crippen LogP contribution in [0.15, 0.2) is 47.5 Å². The molecule has 0 unspecified atom stereocenters. The van der Waals surface area contributed by atoms with Crippen molar-refractivity contribution < 1.29 is 24.8 Å². The van der Waals surface area contributed by atoms with Crippen LogP contribution in [0.5, 0.6) is 0 Å². The number of hydrogen-bond acceptors (Lipinski definition) is 1. The topological polar surface area (TPSA) is 12.4 Å². The third-order valence-corrected chi connectivity index (χ3v) is 3.41. The van der Waals surface area contributed by atoms with Gasteiger partial charge in [0.15, 0.2) is 0 Å². The first-order valence-corrected chi connectivity index (χ1v) is 7.23. The number of hydrogen-bond donors (Lipinski definition) is 0. The van der Waals surface area contributed by atoms with Crippen molar-refractivity contribution in [3.05, 3.63) is 65.2 Å². The Bertz CT molecular complexity index is 569. The number of halogens is 2. The fourth-order valence-electron chi connectivity index (χ4n) is 2.28. The van der Waals surface area contributed by atoms with Gasteiger partial charge in [-0.2, -0.15) is 0 Å². The Morgan fingerprint density at radius 2 is 1.43 bits per heavy atom. The Balaban J connectivity index is 0. The van der Waals surface area contributed by atoms with Crippen LogP contribution in [-0.4, -0.2) is 30.6 Å². The molecule has 0 saturated heterocycles. The molecule has 0 saturated carbocycles. The van der Waals surface area contributed by atoms with Crippen molar-refractivity contribution in [3.63, 3.8) is 0 Å². The van der Waals surface area contributed by atoms with E-state index >= 15 is 0 Å². The van der Waals surface area contributed by atoms with E-state index in [0.717, 1.165) is 11.3 Å². The van der Waals surface area contributed by atoms with Gasteiger partial charge < -0.3 is 24.8 Å². The summed E-state index contributed by atoms with van der Waals surface area (Å²) in [5.41, 5.74) is 4.75. The molecule has 4 heteroatoms. The number of benzene rings is 2. The quantitative estimate of drug-likeness (QED) is 0.418. The van der Waals surface area contributed by atoms with Gasteiger partial charge in [0, 0.05) is 36.2 Å². The monoisotopic (exact) mass is 455 g/mol. The van der Waals surface area contributed by atoms with Crippen molar-refractivity contribution in [1.29, 1.82) is 0 Å². The van der Waals surface area contributed by atoms with Crippen LogP contribution < -0.4 is 24.8 Å². The zero-order chi connectivity index (χ0) is 14.5. The van der Waals surface area contributed by atoms with E-state index in [-0.39, 0.29) is 49.2 Å². The molecule has 0 bridgehead atoms. The van der Waals surface area contributed by atoms with Crippen LogP contribution >= 0.6 is 0 Å². The summed E-state index contributed by atoms with van der Waals surface area (Å²) < 4.78 is 0. The van der Waals surface area contributed by atoms with E-state index in [4.69, 9.17) is 4.99 Å². The first-order valence-electron chi connectivity index (χ1n) is 7.23. The number of para-hydroxylation sites is 1. The smallest absolute Gasteiger partial charge is 0.0699 e. The number of aliphatic imine (C=N–C) groups is 1. The maximum atomic E-state index is 4.76. The summed E-state index contributed by atoms with van der Waals surface area (Å²) in [5.74, 6) is 0.946. The first-order chi connectivity index (χ1) is 9.59. The molecule has 0 aliphatic carbocycles. The second-order valence-electron chi connectivity index (χ2n) is 5.67. The molecule has 0 spiro atoms. The molecule has 0 aromatic heterocycles. The van der Waals surface area contributed by atoms with Crippen LogP contribution in [0.25, 0.3) is 0 Å². The maximum absolute atomic E-state index is 4.76. The Hall–Kier alpha value is -0.492. The molecular formula is C19H22Cl2NSb-2. The predicted molar refractivity (Wildman–Crippen MR) is 92.9 cm³/mol. The van der Waals surface area contributed by atoms with Gasteiger partial charge in [-0.15, -0.1) is 0 Å². The molecule has 0 aliphatic heterocycles. The van der Waals surface area contributed by atoms with Gasteiger partial charge in [0.1, 0.15) is 0 Å². The summed E-state index contributed by atoms with van der Waals surface area (Å²) in [6.45, 7) is 8.86. The summed E-state index contributed by atoms with van der Waals surface area (Å²) in [6, 6.07) is 17.6. The first kappa shape index (κ1) is 24.8. The number of nitrogens with zero attached hydrogens (tertiary/aromatic N) is 1. The fraction of sp³-hybridized carbons (Fsp3) is 0.316. The van der Waals surface area contributed by atoms with Crippen LogP contribution in [0.3, 0.4) is 0 Å². The van der Waals surface area contributed by atoms with Crippen LogP contribution in [-0.2, 0) is 0 Å². The fourth-order valence-corrected chi connectivity index (χ4v) is 2.28. The van der Waals surface area contributed by atoms with Crippen LogP contribution in [0.2, 0.25) is 0 Å². The molecule has 23 heavy (non-hydrogen) atoms. The molecule has 0 aliphatic rings. The van der Waals surface area contributed by atoms with Crippen molar-refractivity contribution in [2.75, 3.05) is 0 Å². The van der Waals surface area contributed by atoms with Gasteiger partial charge in [0.2, 0.25) is 0 Å². The maximum Gasteiger partial charge on any atom is 0.0699 e. The second-order valence-corrected chi connectivity index (χ2v) is 5.67. The van der Waals surface area contributed by atoms with Gasteiger partial charge in [-0.25, -0.2) is 0 Å². The molecule has 2 rings (SSSR count). The summed E-state index contributed by atoms with van der Waals surface area (Å²) in [6.07, 6.45) is 1.91. The van der Waals surface area contributed by atoms with Gasteiger partial charge in [-0.1, -0.05) is 70.2 Å². The van der Waals surface area contributed by atoms with Gasteiger partial charge in [0.05, 0.1) is 5.69 Å². The molecule has 124 valence electrons. The molecule has 0 N–H and O–H groups in total. The molecule has 0 fully saturated rings. The average molecular weight is 457 g/mol.